The average molecular weight is 364 g/mol. The summed E-state index contributed by atoms with van der Waals surface area (Å²) in [5.74, 6) is -0.777. The number of nitrogens with zero attached hydrogens (tertiary/aromatic N) is 3. The number of hydrogen-bond donors (Lipinski definition) is 3. The largest absolute Gasteiger partial charge is 0.382 e. The third-order valence-electron chi connectivity index (χ3n) is 3.93. The molecule has 3 aromatic rings. The first-order chi connectivity index (χ1) is 12.9. The molecule has 27 heavy (non-hydrogen) atoms. The quantitative estimate of drug-likeness (QED) is 0.643. The van der Waals surface area contributed by atoms with E-state index in [-0.39, 0.29) is 24.0 Å². The maximum Gasteiger partial charge on any atom is 0.280 e. The standard InChI is InChI=1S/C19H20N6O2/c1-12-3-7-14(8-4-12)21-16(26)11-25-18(20)17(23-24-25)19(27)22-15-9-5-13(2)6-10-15/h3-10H,11,20H2,1-2H3,(H,21,26)(H,22,27). The minimum atomic E-state index is -0.485. The van der Waals surface area contributed by atoms with Crippen LogP contribution in [0.2, 0.25) is 0 Å². The molecule has 0 aliphatic heterocycles. The Morgan fingerprint density at radius 2 is 1.44 bits per heavy atom. The van der Waals surface area contributed by atoms with Crippen molar-refractivity contribution in [3.63, 3.8) is 0 Å². The van der Waals surface area contributed by atoms with Crippen LogP contribution in [0, 0.1) is 13.8 Å². The van der Waals surface area contributed by atoms with Gasteiger partial charge in [-0.1, -0.05) is 40.6 Å². The Bertz CT molecular complexity index is 961. The van der Waals surface area contributed by atoms with Crippen LogP contribution < -0.4 is 16.4 Å². The van der Waals surface area contributed by atoms with Crippen molar-refractivity contribution < 1.29 is 9.59 Å². The first-order valence-corrected chi connectivity index (χ1v) is 8.36. The van der Waals surface area contributed by atoms with E-state index in [2.05, 4.69) is 20.9 Å². The zero-order valence-corrected chi connectivity index (χ0v) is 15.1. The smallest absolute Gasteiger partial charge is 0.280 e. The Labute approximate surface area is 156 Å². The van der Waals surface area contributed by atoms with Crippen LogP contribution in [0.5, 0.6) is 0 Å². The minimum absolute atomic E-state index is 0.0265. The van der Waals surface area contributed by atoms with Crippen LogP contribution in [-0.4, -0.2) is 26.8 Å². The van der Waals surface area contributed by atoms with E-state index in [1.807, 2.05) is 38.1 Å². The summed E-state index contributed by atoms with van der Waals surface area (Å²) in [6.07, 6.45) is 0. The van der Waals surface area contributed by atoms with Crippen molar-refractivity contribution >= 4 is 29.0 Å². The summed E-state index contributed by atoms with van der Waals surface area (Å²) in [5.41, 5.74) is 9.38. The molecule has 1 heterocycles. The summed E-state index contributed by atoms with van der Waals surface area (Å²) >= 11 is 0. The number of benzene rings is 2. The molecule has 0 aliphatic carbocycles. The molecule has 0 saturated carbocycles. The van der Waals surface area contributed by atoms with Crippen molar-refractivity contribution in [3.8, 4) is 0 Å². The fraction of sp³-hybridized carbons (Fsp3) is 0.158. The van der Waals surface area contributed by atoms with Crippen molar-refractivity contribution in [1.29, 1.82) is 0 Å². The van der Waals surface area contributed by atoms with Gasteiger partial charge in [0.25, 0.3) is 5.91 Å². The Balaban J connectivity index is 1.65. The van der Waals surface area contributed by atoms with Gasteiger partial charge in [0.15, 0.2) is 11.5 Å². The van der Waals surface area contributed by atoms with Gasteiger partial charge in [0.05, 0.1) is 0 Å². The Hall–Kier alpha value is -3.68. The third kappa shape index (κ3) is 4.49. The minimum Gasteiger partial charge on any atom is -0.382 e. The number of anilines is 3. The van der Waals surface area contributed by atoms with E-state index in [1.165, 1.54) is 4.68 Å². The molecule has 2 amide bonds. The highest BCUT2D eigenvalue weighted by atomic mass is 16.2. The number of nitrogens with two attached hydrogens (primary N) is 1. The van der Waals surface area contributed by atoms with Crippen LogP contribution in [-0.2, 0) is 11.3 Å². The topological polar surface area (TPSA) is 115 Å². The summed E-state index contributed by atoms with van der Waals surface area (Å²) in [5, 5.41) is 13.1. The number of aryl methyl sites for hydroxylation is 2. The number of aromatic nitrogens is 3. The number of nitrogen functional groups attached to an aromatic ring is 1. The second kappa shape index (κ2) is 7.69. The Morgan fingerprint density at radius 1 is 0.926 bits per heavy atom. The van der Waals surface area contributed by atoms with Crippen LogP contribution in [0.3, 0.4) is 0 Å². The zero-order valence-electron chi connectivity index (χ0n) is 15.1. The van der Waals surface area contributed by atoms with Gasteiger partial charge in [-0.15, -0.1) is 5.10 Å². The van der Waals surface area contributed by atoms with Crippen LogP contribution in [0.1, 0.15) is 21.6 Å². The van der Waals surface area contributed by atoms with Crippen molar-refractivity contribution in [1.82, 2.24) is 15.0 Å². The molecule has 8 nitrogen and oxygen atoms in total. The molecule has 1 aromatic heterocycles. The molecule has 0 bridgehead atoms. The molecular weight excluding hydrogens is 344 g/mol. The van der Waals surface area contributed by atoms with E-state index in [9.17, 15) is 9.59 Å². The number of hydrogen-bond acceptors (Lipinski definition) is 5. The molecule has 2 aromatic carbocycles. The maximum absolute atomic E-state index is 12.3. The summed E-state index contributed by atoms with van der Waals surface area (Å²) in [7, 11) is 0. The number of amides is 2. The van der Waals surface area contributed by atoms with Gasteiger partial charge in [-0.25, -0.2) is 4.68 Å². The summed E-state index contributed by atoms with van der Waals surface area (Å²) in [4.78, 5) is 24.5. The molecule has 3 rings (SSSR count). The molecule has 0 fully saturated rings. The summed E-state index contributed by atoms with van der Waals surface area (Å²) in [6.45, 7) is 3.77. The van der Waals surface area contributed by atoms with Gasteiger partial charge in [-0.3, -0.25) is 9.59 Å². The molecule has 0 unspecified atom stereocenters. The van der Waals surface area contributed by atoms with E-state index in [0.29, 0.717) is 11.4 Å². The lowest BCUT2D eigenvalue weighted by atomic mass is 10.2. The van der Waals surface area contributed by atoms with Crippen LogP contribution in [0.4, 0.5) is 17.2 Å². The molecule has 138 valence electrons. The van der Waals surface area contributed by atoms with Gasteiger partial charge in [-0.05, 0) is 38.1 Å². The lowest BCUT2D eigenvalue weighted by Gasteiger charge is -2.07. The van der Waals surface area contributed by atoms with Crippen LogP contribution in [0.25, 0.3) is 0 Å². The molecular formula is C19H20N6O2. The third-order valence-corrected chi connectivity index (χ3v) is 3.93. The van der Waals surface area contributed by atoms with Crippen molar-refractivity contribution in [2.75, 3.05) is 16.4 Å². The van der Waals surface area contributed by atoms with E-state index >= 15 is 0 Å². The van der Waals surface area contributed by atoms with Crippen molar-refractivity contribution in [3.05, 3.63) is 65.4 Å². The molecule has 0 spiro atoms. The number of carbonyl (C=O) groups excluding carboxylic acids is 2. The summed E-state index contributed by atoms with van der Waals surface area (Å²) in [6, 6.07) is 14.7. The van der Waals surface area contributed by atoms with Gasteiger partial charge in [-0.2, -0.15) is 0 Å². The van der Waals surface area contributed by atoms with Gasteiger partial charge < -0.3 is 16.4 Å². The van der Waals surface area contributed by atoms with E-state index in [4.69, 9.17) is 5.73 Å². The van der Waals surface area contributed by atoms with E-state index in [0.717, 1.165) is 11.1 Å². The van der Waals surface area contributed by atoms with Crippen molar-refractivity contribution in [2.45, 2.75) is 20.4 Å². The number of nitrogens with one attached hydrogen (secondary N) is 2. The Kier molecular flexibility index (Phi) is 5.16. The second-order valence-corrected chi connectivity index (χ2v) is 6.22. The highest BCUT2D eigenvalue weighted by molar-refractivity contribution is 6.05. The fourth-order valence-corrected chi connectivity index (χ4v) is 2.40. The molecule has 0 radical (unpaired) electrons. The number of carbonyl (C=O) groups is 2. The van der Waals surface area contributed by atoms with Crippen LogP contribution in [0.15, 0.2) is 48.5 Å². The normalized spacial score (nSPS) is 10.4. The maximum atomic E-state index is 12.3. The first-order valence-electron chi connectivity index (χ1n) is 8.36. The average Bonchev–Trinajstić information content (AvgIpc) is 2.99. The predicted octanol–water partition coefficient (Wildman–Crippen LogP) is 2.37. The van der Waals surface area contributed by atoms with Gasteiger partial charge in [0, 0.05) is 11.4 Å². The highest BCUT2D eigenvalue weighted by Crippen LogP contribution is 2.14. The molecule has 0 atom stereocenters. The SMILES string of the molecule is Cc1ccc(NC(=O)Cn2nnc(C(=O)Nc3ccc(C)cc3)c2N)cc1. The lowest BCUT2D eigenvalue weighted by molar-refractivity contribution is -0.116. The van der Waals surface area contributed by atoms with Crippen molar-refractivity contribution in [2.24, 2.45) is 0 Å². The van der Waals surface area contributed by atoms with Gasteiger partial charge in [0.1, 0.15) is 6.54 Å². The zero-order chi connectivity index (χ0) is 19.4. The monoisotopic (exact) mass is 364 g/mol. The fourth-order valence-electron chi connectivity index (χ4n) is 2.40. The van der Waals surface area contributed by atoms with Crippen LogP contribution >= 0.6 is 0 Å². The molecule has 0 aliphatic rings. The summed E-state index contributed by atoms with van der Waals surface area (Å²) < 4.78 is 1.19. The van der Waals surface area contributed by atoms with Gasteiger partial charge >= 0.3 is 0 Å². The van der Waals surface area contributed by atoms with E-state index in [1.54, 1.807) is 24.3 Å². The predicted molar refractivity (Wildman–Crippen MR) is 103 cm³/mol. The first kappa shape index (κ1) is 18.1. The molecule has 0 saturated heterocycles. The molecule has 8 heteroatoms. The Morgan fingerprint density at radius 3 is 2.00 bits per heavy atom. The highest BCUT2D eigenvalue weighted by Gasteiger charge is 2.19. The lowest BCUT2D eigenvalue weighted by Crippen LogP contribution is -2.21. The van der Waals surface area contributed by atoms with Gasteiger partial charge in [0.2, 0.25) is 5.91 Å². The van der Waals surface area contributed by atoms with E-state index < -0.39 is 5.91 Å². The second-order valence-electron chi connectivity index (χ2n) is 6.22. The number of rotatable bonds is 5. The molecule has 4 N–H and O–H groups in total.